The first-order valence-corrected chi connectivity index (χ1v) is 8.71. The number of rotatable bonds is 3. The Bertz CT molecular complexity index is 331. The molecule has 0 aromatic rings. The van der Waals surface area contributed by atoms with Gasteiger partial charge in [-0.3, -0.25) is 4.90 Å². The van der Waals surface area contributed by atoms with Gasteiger partial charge < -0.3 is 10.1 Å². The predicted octanol–water partition coefficient (Wildman–Crippen LogP) is 2.80. The maximum Gasteiger partial charge on any atom is 0.0731 e. The molecule has 0 aromatic carbocycles. The molecule has 1 heterocycles. The Morgan fingerprint density at radius 2 is 2.05 bits per heavy atom. The van der Waals surface area contributed by atoms with Crippen molar-refractivity contribution in [1.29, 1.82) is 0 Å². The van der Waals surface area contributed by atoms with Crippen LogP contribution in [-0.2, 0) is 4.74 Å². The summed E-state index contributed by atoms with van der Waals surface area (Å²) in [4.78, 5) is 2.83. The number of ether oxygens (including phenoxy) is 1. The number of hydrogen-bond acceptors (Lipinski definition) is 3. The molecule has 0 radical (unpaired) electrons. The van der Waals surface area contributed by atoms with Crippen LogP contribution in [0.2, 0.25) is 0 Å². The molecular weight excluding hydrogens is 248 g/mol. The zero-order valence-electron chi connectivity index (χ0n) is 13.5. The van der Waals surface area contributed by atoms with Gasteiger partial charge in [-0.2, -0.15) is 0 Å². The first-order valence-electron chi connectivity index (χ1n) is 8.71. The zero-order valence-corrected chi connectivity index (χ0v) is 13.5. The summed E-state index contributed by atoms with van der Waals surface area (Å²) in [6.07, 6.45) is 8.54. The highest BCUT2D eigenvalue weighted by atomic mass is 16.5. The lowest BCUT2D eigenvalue weighted by Gasteiger charge is -2.50. The molecule has 4 unspecified atom stereocenters. The molecule has 2 aliphatic carbocycles. The van der Waals surface area contributed by atoms with Gasteiger partial charge in [-0.15, -0.1) is 0 Å². The maximum atomic E-state index is 6.01. The van der Waals surface area contributed by atoms with E-state index in [4.69, 9.17) is 4.74 Å². The van der Waals surface area contributed by atoms with Crippen molar-refractivity contribution in [2.24, 2.45) is 5.41 Å². The summed E-state index contributed by atoms with van der Waals surface area (Å²) in [6, 6.07) is 2.10. The lowest BCUT2D eigenvalue weighted by Crippen LogP contribution is -2.61. The minimum absolute atomic E-state index is 0.503. The van der Waals surface area contributed by atoms with E-state index in [1.54, 1.807) is 0 Å². The molecule has 3 fully saturated rings. The van der Waals surface area contributed by atoms with Crippen LogP contribution < -0.4 is 5.32 Å². The Labute approximate surface area is 124 Å². The van der Waals surface area contributed by atoms with Crippen molar-refractivity contribution >= 4 is 0 Å². The second kappa shape index (κ2) is 5.94. The summed E-state index contributed by atoms with van der Waals surface area (Å²) < 4.78 is 6.01. The van der Waals surface area contributed by atoms with Crippen LogP contribution in [0.3, 0.4) is 0 Å². The predicted molar refractivity (Wildman–Crippen MR) is 83.0 cm³/mol. The molecule has 1 saturated heterocycles. The largest absolute Gasteiger partial charge is 0.375 e. The van der Waals surface area contributed by atoms with E-state index in [1.807, 2.05) is 0 Å². The third kappa shape index (κ3) is 2.90. The Morgan fingerprint density at radius 1 is 1.20 bits per heavy atom. The molecule has 20 heavy (non-hydrogen) atoms. The second-order valence-electron chi connectivity index (χ2n) is 7.78. The second-order valence-corrected chi connectivity index (χ2v) is 7.78. The number of likely N-dealkylation sites (N-methyl/N-ethyl adjacent to an activating group) is 1. The number of hydrogen-bond donors (Lipinski definition) is 1. The molecule has 3 heteroatoms. The smallest absolute Gasteiger partial charge is 0.0731 e. The standard InChI is InChI=1S/C17H32N2O/c1-4-18-13-8-9-17(2,3)12-15(13)19-10-11-20-16-7-5-6-14(16)19/h13-16,18H,4-12H2,1-3H3. The number of fused-ring (bicyclic) bond motifs is 1. The monoisotopic (exact) mass is 280 g/mol. The van der Waals surface area contributed by atoms with Crippen molar-refractivity contribution in [3.05, 3.63) is 0 Å². The van der Waals surface area contributed by atoms with E-state index in [2.05, 4.69) is 31.0 Å². The van der Waals surface area contributed by atoms with Gasteiger partial charge in [-0.05, 0) is 50.5 Å². The van der Waals surface area contributed by atoms with E-state index in [9.17, 15) is 0 Å². The lowest BCUT2D eigenvalue weighted by atomic mass is 9.72. The quantitative estimate of drug-likeness (QED) is 0.860. The van der Waals surface area contributed by atoms with Crippen LogP contribution in [0.1, 0.15) is 59.3 Å². The highest BCUT2D eigenvalue weighted by Gasteiger charge is 2.44. The van der Waals surface area contributed by atoms with Gasteiger partial charge >= 0.3 is 0 Å². The maximum absolute atomic E-state index is 6.01. The van der Waals surface area contributed by atoms with Gasteiger partial charge in [-0.25, -0.2) is 0 Å². The molecule has 0 amide bonds. The van der Waals surface area contributed by atoms with Crippen LogP contribution in [0.15, 0.2) is 0 Å². The van der Waals surface area contributed by atoms with E-state index in [0.29, 0.717) is 29.6 Å². The molecule has 2 saturated carbocycles. The molecule has 0 aromatic heterocycles. The third-order valence-corrected chi connectivity index (χ3v) is 5.78. The Balaban J connectivity index is 1.76. The Hall–Kier alpha value is -0.120. The normalized spacial score (nSPS) is 41.5. The van der Waals surface area contributed by atoms with Crippen molar-refractivity contribution in [3.63, 3.8) is 0 Å². The van der Waals surface area contributed by atoms with Gasteiger partial charge in [0.15, 0.2) is 0 Å². The van der Waals surface area contributed by atoms with Gasteiger partial charge in [0.05, 0.1) is 12.7 Å². The van der Waals surface area contributed by atoms with Crippen molar-refractivity contribution in [1.82, 2.24) is 10.2 Å². The van der Waals surface area contributed by atoms with E-state index in [0.717, 1.165) is 19.7 Å². The molecule has 3 aliphatic rings. The van der Waals surface area contributed by atoms with Gasteiger partial charge in [0.2, 0.25) is 0 Å². The van der Waals surface area contributed by atoms with Crippen molar-refractivity contribution in [2.45, 2.75) is 83.5 Å². The molecule has 1 aliphatic heterocycles. The van der Waals surface area contributed by atoms with E-state index < -0.39 is 0 Å². The lowest BCUT2D eigenvalue weighted by molar-refractivity contribution is -0.0894. The first-order chi connectivity index (χ1) is 9.61. The summed E-state index contributed by atoms with van der Waals surface area (Å²) >= 11 is 0. The highest BCUT2D eigenvalue weighted by molar-refractivity contribution is 5.00. The summed E-state index contributed by atoms with van der Waals surface area (Å²) in [7, 11) is 0. The average Bonchev–Trinajstić information content (AvgIpc) is 2.89. The van der Waals surface area contributed by atoms with Crippen LogP contribution in [-0.4, -0.2) is 48.8 Å². The van der Waals surface area contributed by atoms with E-state index in [-0.39, 0.29) is 0 Å². The summed E-state index contributed by atoms with van der Waals surface area (Å²) in [5.41, 5.74) is 0.503. The molecule has 116 valence electrons. The van der Waals surface area contributed by atoms with Crippen LogP contribution in [0.25, 0.3) is 0 Å². The Kier molecular flexibility index (Phi) is 4.40. The zero-order chi connectivity index (χ0) is 14.2. The average molecular weight is 280 g/mol. The highest BCUT2D eigenvalue weighted by Crippen LogP contribution is 2.41. The van der Waals surface area contributed by atoms with Gasteiger partial charge in [-0.1, -0.05) is 20.8 Å². The molecule has 3 nitrogen and oxygen atoms in total. The van der Waals surface area contributed by atoms with Crippen molar-refractivity contribution in [2.75, 3.05) is 19.7 Å². The summed E-state index contributed by atoms with van der Waals surface area (Å²) in [5.74, 6) is 0. The van der Waals surface area contributed by atoms with Crippen LogP contribution in [0.4, 0.5) is 0 Å². The number of morpholine rings is 1. The SMILES string of the molecule is CCNC1CCC(C)(C)CC1N1CCOC2CCCC21. The van der Waals surface area contributed by atoms with Crippen LogP contribution in [0.5, 0.6) is 0 Å². The summed E-state index contributed by atoms with van der Waals surface area (Å²) in [5, 5.41) is 3.77. The van der Waals surface area contributed by atoms with E-state index in [1.165, 1.54) is 38.5 Å². The van der Waals surface area contributed by atoms with Gasteiger partial charge in [0.25, 0.3) is 0 Å². The molecule has 4 atom stereocenters. The van der Waals surface area contributed by atoms with Gasteiger partial charge in [0.1, 0.15) is 0 Å². The first kappa shape index (κ1) is 14.8. The van der Waals surface area contributed by atoms with E-state index >= 15 is 0 Å². The van der Waals surface area contributed by atoms with Crippen LogP contribution in [0, 0.1) is 5.41 Å². The van der Waals surface area contributed by atoms with Crippen molar-refractivity contribution < 1.29 is 4.74 Å². The van der Waals surface area contributed by atoms with Crippen molar-refractivity contribution in [3.8, 4) is 0 Å². The van der Waals surface area contributed by atoms with Crippen LogP contribution >= 0.6 is 0 Å². The fourth-order valence-corrected chi connectivity index (χ4v) is 4.77. The summed E-state index contributed by atoms with van der Waals surface area (Å²) in [6.45, 7) is 10.3. The number of nitrogens with one attached hydrogen (secondary N) is 1. The Morgan fingerprint density at radius 3 is 2.85 bits per heavy atom. The fraction of sp³-hybridized carbons (Fsp3) is 1.00. The van der Waals surface area contributed by atoms with Gasteiger partial charge in [0, 0.05) is 24.7 Å². The minimum Gasteiger partial charge on any atom is -0.375 e. The third-order valence-electron chi connectivity index (χ3n) is 5.78. The molecule has 0 bridgehead atoms. The fourth-order valence-electron chi connectivity index (χ4n) is 4.77. The molecule has 0 spiro atoms. The number of nitrogens with zero attached hydrogens (tertiary/aromatic N) is 1. The molecular formula is C17H32N2O. The topological polar surface area (TPSA) is 24.5 Å². The molecule has 3 rings (SSSR count). The minimum atomic E-state index is 0.503. The molecule has 1 N–H and O–H groups in total.